The van der Waals surface area contributed by atoms with E-state index in [4.69, 9.17) is 0 Å². The van der Waals surface area contributed by atoms with Crippen LogP contribution in [0.5, 0.6) is 0 Å². The second-order valence-corrected chi connectivity index (χ2v) is 6.57. The number of likely N-dealkylation sites (N-methyl/N-ethyl adjacent to an activating group) is 1. The molecule has 21 heavy (non-hydrogen) atoms. The van der Waals surface area contributed by atoms with Crippen LogP contribution in [0.4, 0.5) is 5.13 Å². The molecule has 7 heteroatoms. The molecule has 0 unspecified atom stereocenters. The molecule has 0 amide bonds. The Bertz CT molecular complexity index is 550. The summed E-state index contributed by atoms with van der Waals surface area (Å²) in [4.78, 5) is 30.1. The first-order valence-electron chi connectivity index (χ1n) is 6.91. The van der Waals surface area contributed by atoms with E-state index in [-0.39, 0.29) is 17.0 Å². The van der Waals surface area contributed by atoms with Crippen LogP contribution in [0.2, 0.25) is 0 Å². The molecule has 0 aromatic carbocycles. The van der Waals surface area contributed by atoms with Gasteiger partial charge in [-0.2, -0.15) is 0 Å². The van der Waals surface area contributed by atoms with Crippen LogP contribution in [-0.2, 0) is 4.74 Å². The van der Waals surface area contributed by atoms with E-state index in [0.717, 1.165) is 19.4 Å². The Hall–Kier alpha value is -1.47. The molecule has 0 aliphatic heterocycles. The van der Waals surface area contributed by atoms with E-state index in [9.17, 15) is 9.59 Å². The predicted octanol–water partition coefficient (Wildman–Crippen LogP) is 2.03. The van der Waals surface area contributed by atoms with Gasteiger partial charge in [0, 0.05) is 19.0 Å². The highest BCUT2D eigenvalue weighted by Crippen LogP contribution is 2.36. The first-order valence-corrected chi connectivity index (χ1v) is 7.72. The van der Waals surface area contributed by atoms with Crippen molar-refractivity contribution in [3.63, 3.8) is 0 Å². The van der Waals surface area contributed by atoms with Crippen LogP contribution in [0.1, 0.15) is 46.3 Å². The highest BCUT2D eigenvalue weighted by Gasteiger charge is 2.39. The number of carbonyl (C=O) groups excluding carboxylic acids is 2. The van der Waals surface area contributed by atoms with E-state index in [2.05, 4.69) is 34.0 Å². The Morgan fingerprint density at radius 3 is 2.52 bits per heavy atom. The summed E-state index contributed by atoms with van der Waals surface area (Å²) in [6, 6.07) is 0. The maximum Gasteiger partial charge on any atom is 0.358 e. The van der Waals surface area contributed by atoms with E-state index in [1.165, 1.54) is 31.8 Å². The first-order chi connectivity index (χ1) is 9.89. The second kappa shape index (κ2) is 6.11. The number of anilines is 1. The van der Waals surface area contributed by atoms with Crippen molar-refractivity contribution in [2.45, 2.75) is 31.7 Å². The van der Waals surface area contributed by atoms with Crippen LogP contribution < -0.4 is 5.32 Å². The molecule has 1 aliphatic rings. The smallest absolute Gasteiger partial charge is 0.358 e. The van der Waals surface area contributed by atoms with Gasteiger partial charge in [-0.15, -0.1) is 0 Å². The Balaban J connectivity index is 2.14. The fourth-order valence-electron chi connectivity index (χ4n) is 2.48. The number of ketones is 1. The van der Waals surface area contributed by atoms with E-state index < -0.39 is 5.97 Å². The number of carbonyl (C=O) groups is 2. The number of aromatic nitrogens is 1. The third kappa shape index (κ3) is 3.08. The minimum absolute atomic E-state index is 0.102. The van der Waals surface area contributed by atoms with E-state index in [0.29, 0.717) is 10.0 Å². The number of rotatable bonds is 6. The van der Waals surface area contributed by atoms with Gasteiger partial charge in [0.2, 0.25) is 0 Å². The standard InChI is InChI=1S/C14H21N3O3S/c1-9(18)11-10(12(19)20-4)16-13(21-11)15-8-14(17(2)3)6-5-7-14/h5-8H2,1-4H3,(H,15,16). The molecule has 1 heterocycles. The zero-order chi connectivity index (χ0) is 15.6. The van der Waals surface area contributed by atoms with Gasteiger partial charge in [0.25, 0.3) is 0 Å². The van der Waals surface area contributed by atoms with Crippen molar-refractivity contribution in [3.05, 3.63) is 10.6 Å². The number of methoxy groups -OCH3 is 1. The number of thiazole rings is 1. The molecule has 1 aliphatic carbocycles. The summed E-state index contributed by atoms with van der Waals surface area (Å²) in [7, 11) is 5.43. The third-order valence-electron chi connectivity index (χ3n) is 4.13. The molecule has 0 spiro atoms. The van der Waals surface area contributed by atoms with Crippen LogP contribution in [0.3, 0.4) is 0 Å². The van der Waals surface area contributed by atoms with Crippen molar-refractivity contribution in [3.8, 4) is 0 Å². The summed E-state index contributed by atoms with van der Waals surface area (Å²) < 4.78 is 4.67. The lowest BCUT2D eigenvalue weighted by Gasteiger charge is -2.47. The molecular weight excluding hydrogens is 290 g/mol. The number of nitrogens with zero attached hydrogens (tertiary/aromatic N) is 2. The van der Waals surface area contributed by atoms with E-state index in [1.54, 1.807) is 0 Å². The maximum absolute atomic E-state index is 11.7. The normalized spacial score (nSPS) is 16.4. The zero-order valence-corrected chi connectivity index (χ0v) is 13.7. The van der Waals surface area contributed by atoms with Gasteiger partial charge < -0.3 is 15.0 Å². The summed E-state index contributed by atoms with van der Waals surface area (Å²) in [5, 5.41) is 3.86. The fourth-order valence-corrected chi connectivity index (χ4v) is 3.32. The molecule has 2 rings (SSSR count). The van der Waals surface area contributed by atoms with Gasteiger partial charge in [-0.3, -0.25) is 4.79 Å². The summed E-state index contributed by atoms with van der Waals surface area (Å²) in [6.45, 7) is 2.18. The van der Waals surface area contributed by atoms with Crippen molar-refractivity contribution in [1.82, 2.24) is 9.88 Å². The Labute approximate surface area is 128 Å². The molecule has 1 N–H and O–H groups in total. The largest absolute Gasteiger partial charge is 0.464 e. The molecule has 1 fully saturated rings. The quantitative estimate of drug-likeness (QED) is 0.640. The van der Waals surface area contributed by atoms with Crippen LogP contribution in [-0.4, -0.2) is 54.9 Å². The number of hydrogen-bond donors (Lipinski definition) is 1. The summed E-state index contributed by atoms with van der Waals surface area (Å²) >= 11 is 1.21. The van der Waals surface area contributed by atoms with Gasteiger partial charge in [0.05, 0.1) is 7.11 Å². The highest BCUT2D eigenvalue weighted by molar-refractivity contribution is 7.17. The van der Waals surface area contributed by atoms with Crippen LogP contribution in [0, 0.1) is 0 Å². The number of nitrogens with one attached hydrogen (secondary N) is 1. The number of ether oxygens (including phenoxy) is 1. The number of hydrogen-bond acceptors (Lipinski definition) is 7. The monoisotopic (exact) mass is 311 g/mol. The van der Waals surface area contributed by atoms with E-state index in [1.807, 2.05) is 0 Å². The molecule has 6 nitrogen and oxygen atoms in total. The minimum atomic E-state index is -0.574. The highest BCUT2D eigenvalue weighted by atomic mass is 32.1. The van der Waals surface area contributed by atoms with Crippen molar-refractivity contribution < 1.29 is 14.3 Å². The lowest BCUT2D eigenvalue weighted by Crippen LogP contribution is -2.54. The van der Waals surface area contributed by atoms with Gasteiger partial charge in [-0.1, -0.05) is 11.3 Å². The van der Waals surface area contributed by atoms with Crippen molar-refractivity contribution in [2.24, 2.45) is 0 Å². The molecule has 0 atom stereocenters. The van der Waals surface area contributed by atoms with Crippen molar-refractivity contribution >= 4 is 28.2 Å². The average Bonchev–Trinajstić information content (AvgIpc) is 2.80. The summed E-state index contributed by atoms with van der Waals surface area (Å²) in [5.41, 5.74) is 0.248. The first kappa shape index (κ1) is 15.9. The van der Waals surface area contributed by atoms with Crippen LogP contribution in [0.25, 0.3) is 0 Å². The minimum Gasteiger partial charge on any atom is -0.464 e. The topological polar surface area (TPSA) is 71.5 Å². The Morgan fingerprint density at radius 2 is 2.10 bits per heavy atom. The van der Waals surface area contributed by atoms with E-state index >= 15 is 0 Å². The summed E-state index contributed by atoms with van der Waals surface area (Å²) in [6.07, 6.45) is 3.51. The molecule has 116 valence electrons. The Kier molecular flexibility index (Phi) is 4.63. The number of esters is 1. The second-order valence-electron chi connectivity index (χ2n) is 5.57. The average molecular weight is 311 g/mol. The van der Waals surface area contributed by atoms with Crippen molar-refractivity contribution in [2.75, 3.05) is 33.1 Å². The molecular formula is C14H21N3O3S. The van der Waals surface area contributed by atoms with Gasteiger partial charge >= 0.3 is 5.97 Å². The molecule has 1 aromatic rings. The lowest BCUT2D eigenvalue weighted by atomic mass is 9.75. The molecule has 1 saturated carbocycles. The summed E-state index contributed by atoms with van der Waals surface area (Å²) in [5.74, 6) is -0.748. The van der Waals surface area contributed by atoms with Crippen molar-refractivity contribution in [1.29, 1.82) is 0 Å². The molecule has 0 bridgehead atoms. The molecule has 0 radical (unpaired) electrons. The van der Waals surface area contributed by atoms with Gasteiger partial charge in [-0.05, 0) is 33.4 Å². The predicted molar refractivity (Wildman–Crippen MR) is 82.2 cm³/mol. The number of Topliss-reactive ketones (excluding diaryl/α,β-unsaturated/α-hetero) is 1. The van der Waals surface area contributed by atoms with Crippen LogP contribution >= 0.6 is 11.3 Å². The SMILES string of the molecule is COC(=O)c1nc(NCC2(N(C)C)CCC2)sc1C(C)=O. The zero-order valence-electron chi connectivity index (χ0n) is 12.9. The Morgan fingerprint density at radius 1 is 1.43 bits per heavy atom. The maximum atomic E-state index is 11.7. The van der Waals surface area contributed by atoms with Gasteiger partial charge in [-0.25, -0.2) is 9.78 Å². The molecule has 0 saturated heterocycles. The van der Waals surface area contributed by atoms with Gasteiger partial charge in [0.15, 0.2) is 16.6 Å². The molecule has 1 aromatic heterocycles. The van der Waals surface area contributed by atoms with Crippen LogP contribution in [0.15, 0.2) is 0 Å². The van der Waals surface area contributed by atoms with Gasteiger partial charge in [0.1, 0.15) is 4.88 Å². The third-order valence-corrected chi connectivity index (χ3v) is 5.24. The fraction of sp³-hybridized carbons (Fsp3) is 0.643. The lowest BCUT2D eigenvalue weighted by molar-refractivity contribution is 0.0591.